The van der Waals surface area contributed by atoms with Crippen molar-refractivity contribution in [2.45, 2.75) is 13.8 Å². The summed E-state index contributed by atoms with van der Waals surface area (Å²) >= 11 is 0. The van der Waals surface area contributed by atoms with Gasteiger partial charge in [0.05, 0.1) is 0 Å². The number of hydrogen-bond acceptors (Lipinski definition) is 1. The molecule has 0 saturated carbocycles. The third-order valence-corrected chi connectivity index (χ3v) is 5.45. The Kier molecular flexibility index (Phi) is 16.2. The van der Waals surface area contributed by atoms with Gasteiger partial charge in [0, 0.05) is 38.8 Å². The molecule has 202 valence electrons. The average Bonchev–Trinajstić information content (AvgIpc) is 2.92. The predicted octanol–water partition coefficient (Wildman–Crippen LogP) is 7.45. The van der Waals surface area contributed by atoms with E-state index in [-0.39, 0.29) is 35.9 Å². The third kappa shape index (κ3) is 9.08. The summed E-state index contributed by atoms with van der Waals surface area (Å²) in [5.41, 5.74) is 6.45. The Morgan fingerprint density at radius 3 is 1.47 bits per heavy atom. The van der Waals surface area contributed by atoms with E-state index in [1.807, 2.05) is 74.5 Å². The van der Waals surface area contributed by atoms with Gasteiger partial charge < -0.3 is 20.0 Å². The molecule has 0 bridgehead atoms. The maximum Gasteiger partial charge on any atom is 0.161 e. The van der Waals surface area contributed by atoms with Gasteiger partial charge in [-0.05, 0) is 23.8 Å². The van der Waals surface area contributed by atoms with Crippen LogP contribution in [0.5, 0.6) is 5.75 Å². The summed E-state index contributed by atoms with van der Waals surface area (Å²) in [6, 6.07) is 39.4. The van der Waals surface area contributed by atoms with Crippen LogP contribution in [-0.4, -0.2) is 5.11 Å². The molecule has 0 fully saturated rings. The topological polar surface area (TPSA) is 28.0 Å². The number of aryl methyl sites for hydroxylation is 2. The minimum absolute atomic E-state index is 0. The first-order valence-electron chi connectivity index (χ1n) is 11.9. The summed E-state index contributed by atoms with van der Waals surface area (Å²) in [5, 5.41) is 9.56. The molecule has 0 aliphatic rings. The first-order chi connectivity index (χ1) is 17.1. The van der Waals surface area contributed by atoms with Crippen molar-refractivity contribution in [1.29, 1.82) is 0 Å². The molecule has 0 radical (unpaired) electrons. The second-order valence-electron chi connectivity index (χ2n) is 7.75. The molecule has 5 aromatic rings. The molecule has 2 heterocycles. The van der Waals surface area contributed by atoms with Crippen molar-refractivity contribution in [1.82, 2.24) is 0 Å². The molecule has 0 amide bonds. The summed E-state index contributed by atoms with van der Waals surface area (Å²) in [6.07, 6.45) is 4.11. The number of rotatable bonds is 3. The number of phenols is 1. The number of pyridine rings is 2. The van der Waals surface area contributed by atoms with E-state index in [2.05, 4.69) is 84.2 Å². The molecule has 0 unspecified atom stereocenters. The molecule has 3 aromatic carbocycles. The van der Waals surface area contributed by atoms with Gasteiger partial charge in [0.2, 0.25) is 0 Å². The maximum absolute atomic E-state index is 9.56. The van der Waals surface area contributed by atoms with Gasteiger partial charge >= 0.3 is 0 Å². The summed E-state index contributed by atoms with van der Waals surface area (Å²) < 4.78 is 4.22. The maximum atomic E-state index is 9.56. The standard InChI is InChI=1S/C18H17N2.C12H10O.C2H6.2CH3.Pt/c1-19-12-5-3-10-17(19)15-8-7-9-16(14-15)18-11-4-6-13-20(18)2;13-12-9-5-4-8-11(12)10-6-2-1-3-7-10;1-2;;;/h3-13H,1-2H3;1-9,13H;1-2H3;2*1H3;/q+1;;;2*-1;. The van der Waals surface area contributed by atoms with Crippen LogP contribution in [-0.2, 0) is 35.2 Å². The van der Waals surface area contributed by atoms with Crippen molar-refractivity contribution >= 4 is 0 Å². The molecule has 0 aliphatic carbocycles. The summed E-state index contributed by atoms with van der Waals surface area (Å²) in [5.74, 6) is 0.328. The number of phenolic OH excluding ortho intramolecular Hbond substituents is 1. The first-order valence-corrected chi connectivity index (χ1v) is 11.9. The fourth-order valence-corrected chi connectivity index (χ4v) is 3.71. The first kappa shape index (κ1) is 34.4. The Morgan fingerprint density at radius 2 is 1.00 bits per heavy atom. The zero-order chi connectivity index (χ0) is 25.0. The molecular weight excluding hydrogens is 647 g/mol. The van der Waals surface area contributed by atoms with Gasteiger partial charge in [-0.25, -0.2) is 9.13 Å². The number of aromatic nitrogens is 2. The van der Waals surface area contributed by atoms with Crippen molar-refractivity contribution in [2.75, 3.05) is 0 Å². The number of aromatic hydroxyl groups is 1. The van der Waals surface area contributed by atoms with Crippen LogP contribution < -0.4 is 9.13 Å². The van der Waals surface area contributed by atoms with Crippen molar-refractivity contribution < 1.29 is 35.3 Å². The van der Waals surface area contributed by atoms with E-state index >= 15 is 0 Å². The number of para-hydroxylation sites is 1. The molecule has 0 saturated heterocycles. The van der Waals surface area contributed by atoms with Crippen LogP contribution in [0.4, 0.5) is 0 Å². The van der Waals surface area contributed by atoms with Crippen LogP contribution in [0.1, 0.15) is 13.8 Å². The Hall–Kier alpha value is -3.55. The van der Waals surface area contributed by atoms with Crippen molar-refractivity contribution in [2.24, 2.45) is 14.1 Å². The number of hydrogen-bond donors (Lipinski definition) is 1. The van der Waals surface area contributed by atoms with Crippen LogP contribution in [0.15, 0.2) is 122 Å². The van der Waals surface area contributed by atoms with Gasteiger partial charge in [-0.1, -0.05) is 85.6 Å². The second kappa shape index (κ2) is 17.8. The number of nitrogens with zero attached hydrogens (tertiary/aromatic N) is 2. The fourth-order valence-electron chi connectivity index (χ4n) is 3.71. The molecule has 3 nitrogen and oxygen atoms in total. The molecule has 0 atom stereocenters. The van der Waals surface area contributed by atoms with Gasteiger partial charge in [0.25, 0.3) is 0 Å². The van der Waals surface area contributed by atoms with E-state index in [0.717, 1.165) is 33.6 Å². The summed E-state index contributed by atoms with van der Waals surface area (Å²) in [6.45, 7) is 4.00. The molecule has 2 aromatic heterocycles. The van der Waals surface area contributed by atoms with Crippen LogP contribution >= 0.6 is 0 Å². The van der Waals surface area contributed by atoms with Crippen LogP contribution in [0.3, 0.4) is 0 Å². The Morgan fingerprint density at radius 1 is 0.553 bits per heavy atom. The summed E-state index contributed by atoms with van der Waals surface area (Å²) in [4.78, 5) is 0. The van der Waals surface area contributed by atoms with Gasteiger partial charge in [0.1, 0.15) is 31.2 Å². The molecule has 1 N–H and O–H groups in total. The van der Waals surface area contributed by atoms with E-state index < -0.39 is 0 Å². The van der Waals surface area contributed by atoms with Crippen LogP contribution in [0.25, 0.3) is 33.6 Å². The van der Waals surface area contributed by atoms with Gasteiger partial charge in [-0.2, -0.15) is 0 Å². The van der Waals surface area contributed by atoms with Crippen molar-refractivity contribution in [3.8, 4) is 39.4 Å². The molecular formula is C34H39N2OPt-. The molecule has 5 rings (SSSR count). The molecule has 38 heavy (non-hydrogen) atoms. The minimum Gasteiger partial charge on any atom is -0.507 e. The minimum atomic E-state index is 0. The largest absolute Gasteiger partial charge is 0.507 e. The smallest absolute Gasteiger partial charge is 0.161 e. The van der Waals surface area contributed by atoms with Crippen molar-refractivity contribution in [3.63, 3.8) is 0 Å². The average molecular weight is 687 g/mol. The predicted molar refractivity (Wildman–Crippen MR) is 156 cm³/mol. The van der Waals surface area contributed by atoms with Gasteiger partial charge in [-0.3, -0.25) is 0 Å². The van der Waals surface area contributed by atoms with E-state index in [0.29, 0.717) is 5.75 Å². The fraction of sp³-hybridized carbons (Fsp3) is 0.118. The summed E-state index contributed by atoms with van der Waals surface area (Å²) in [7, 11) is 4.11. The zero-order valence-electron chi connectivity index (χ0n) is 23.2. The van der Waals surface area contributed by atoms with Gasteiger partial charge in [-0.15, -0.1) is 24.3 Å². The zero-order valence-corrected chi connectivity index (χ0v) is 25.5. The Balaban J connectivity index is 0.000000670. The van der Waals surface area contributed by atoms with Crippen LogP contribution in [0, 0.1) is 20.9 Å². The van der Waals surface area contributed by atoms with Crippen LogP contribution in [0.2, 0.25) is 0 Å². The third-order valence-electron chi connectivity index (χ3n) is 5.45. The molecule has 0 spiro atoms. The van der Waals surface area contributed by atoms with E-state index in [4.69, 9.17) is 0 Å². The quantitative estimate of drug-likeness (QED) is 0.155. The SMILES string of the molecule is CC.C[n+]1ccccc1-c1[c-]c(-c2cccc[n+]2C)ccc1.Oc1ccccc1-c1ccccc1.[CH3-].[CH3-].[Pt]. The number of benzene rings is 3. The second-order valence-corrected chi connectivity index (χ2v) is 7.75. The Labute approximate surface area is 244 Å². The normalized spacial score (nSPS) is 9.05. The van der Waals surface area contributed by atoms with Crippen molar-refractivity contribution in [3.05, 3.63) is 143 Å². The van der Waals surface area contributed by atoms with E-state index in [1.54, 1.807) is 6.07 Å². The monoisotopic (exact) mass is 686 g/mol. The van der Waals surface area contributed by atoms with Gasteiger partial charge in [0.15, 0.2) is 12.4 Å². The Bertz CT molecular complexity index is 1290. The molecule has 0 aliphatic heterocycles. The van der Waals surface area contributed by atoms with E-state index in [1.165, 1.54) is 0 Å². The van der Waals surface area contributed by atoms with E-state index in [9.17, 15) is 5.11 Å². The molecule has 4 heteroatoms.